The Labute approximate surface area is 110 Å². The summed E-state index contributed by atoms with van der Waals surface area (Å²) in [5.74, 6) is 1.32. The van der Waals surface area contributed by atoms with E-state index in [1.54, 1.807) is 12.1 Å². The van der Waals surface area contributed by atoms with E-state index in [2.05, 4.69) is 0 Å². The topological polar surface area (TPSA) is 65.0 Å². The minimum atomic E-state index is -0.144. The number of carbonyl (C=O) groups is 1. The van der Waals surface area contributed by atoms with Gasteiger partial charge in [-0.25, -0.2) is 0 Å². The van der Waals surface area contributed by atoms with E-state index in [1.807, 2.05) is 0 Å². The third-order valence-electron chi connectivity index (χ3n) is 2.95. The van der Waals surface area contributed by atoms with E-state index in [-0.39, 0.29) is 11.3 Å². The zero-order chi connectivity index (χ0) is 14.0. The van der Waals surface area contributed by atoms with Crippen molar-refractivity contribution in [1.82, 2.24) is 0 Å². The van der Waals surface area contributed by atoms with Gasteiger partial charge in [0.2, 0.25) is 0 Å². The summed E-state index contributed by atoms with van der Waals surface area (Å²) in [4.78, 5) is 11.2. The molecular formula is C14H14O5. The molecule has 0 aliphatic carbocycles. The van der Waals surface area contributed by atoms with Gasteiger partial charge in [-0.05, 0) is 6.07 Å². The molecule has 1 N–H and O–H groups in total. The number of hydrogen-bond acceptors (Lipinski definition) is 5. The van der Waals surface area contributed by atoms with Gasteiger partial charge in [0.25, 0.3) is 0 Å². The Hall–Kier alpha value is -2.43. The highest BCUT2D eigenvalue weighted by atomic mass is 16.5. The largest absolute Gasteiger partial charge is 0.507 e. The summed E-state index contributed by atoms with van der Waals surface area (Å²) in [7, 11) is 4.51. The normalized spacial score (nSPS) is 10.3. The molecule has 0 aromatic heterocycles. The molecule has 0 amide bonds. The van der Waals surface area contributed by atoms with Crippen LogP contribution >= 0.6 is 0 Å². The van der Waals surface area contributed by atoms with Crippen molar-refractivity contribution in [2.24, 2.45) is 0 Å². The molecule has 0 fully saturated rings. The van der Waals surface area contributed by atoms with Crippen LogP contribution in [0.2, 0.25) is 0 Å². The molecule has 19 heavy (non-hydrogen) atoms. The number of benzene rings is 2. The lowest BCUT2D eigenvalue weighted by molar-refractivity contribution is 0.112. The maximum Gasteiger partial charge on any atom is 0.154 e. The fourth-order valence-electron chi connectivity index (χ4n) is 2.03. The fraction of sp³-hybridized carbons (Fsp3) is 0.214. The minimum Gasteiger partial charge on any atom is -0.507 e. The van der Waals surface area contributed by atoms with E-state index in [4.69, 9.17) is 14.2 Å². The van der Waals surface area contributed by atoms with Gasteiger partial charge in [0.05, 0.1) is 32.3 Å². The Morgan fingerprint density at radius 2 is 1.63 bits per heavy atom. The molecule has 0 saturated carbocycles. The standard InChI is InChI=1S/C14H14O5/c1-17-8-4-9-10(7-15)11(16)6-13(19-3)14(9)12(5-8)18-2/h4-7,16H,1-3H3. The lowest BCUT2D eigenvalue weighted by Crippen LogP contribution is -1.95. The Bertz CT molecular complexity index is 634. The number of rotatable bonds is 4. The van der Waals surface area contributed by atoms with Gasteiger partial charge < -0.3 is 19.3 Å². The first-order valence-corrected chi connectivity index (χ1v) is 5.57. The van der Waals surface area contributed by atoms with Crippen molar-refractivity contribution < 1.29 is 24.1 Å². The van der Waals surface area contributed by atoms with Crippen LogP contribution in [-0.2, 0) is 0 Å². The summed E-state index contributed by atoms with van der Waals surface area (Å²) in [5, 5.41) is 11.0. The van der Waals surface area contributed by atoms with Crippen LogP contribution < -0.4 is 14.2 Å². The summed E-state index contributed by atoms with van der Waals surface area (Å²) in [5.41, 5.74) is 0.174. The predicted octanol–water partition coefficient (Wildman–Crippen LogP) is 2.38. The van der Waals surface area contributed by atoms with Crippen LogP contribution in [0.15, 0.2) is 18.2 Å². The van der Waals surface area contributed by atoms with Gasteiger partial charge >= 0.3 is 0 Å². The van der Waals surface area contributed by atoms with Crippen LogP contribution in [0.3, 0.4) is 0 Å². The van der Waals surface area contributed by atoms with Crippen LogP contribution in [0.25, 0.3) is 10.8 Å². The molecule has 0 atom stereocenters. The molecule has 2 aromatic rings. The molecule has 2 rings (SSSR count). The van der Waals surface area contributed by atoms with E-state index >= 15 is 0 Å². The second kappa shape index (κ2) is 5.06. The van der Waals surface area contributed by atoms with Crippen molar-refractivity contribution in [2.45, 2.75) is 0 Å². The average Bonchev–Trinajstić information content (AvgIpc) is 2.44. The Morgan fingerprint density at radius 3 is 2.16 bits per heavy atom. The lowest BCUT2D eigenvalue weighted by Gasteiger charge is -2.14. The summed E-state index contributed by atoms with van der Waals surface area (Å²) in [6.45, 7) is 0. The lowest BCUT2D eigenvalue weighted by atomic mass is 10.0. The minimum absolute atomic E-state index is 0.144. The van der Waals surface area contributed by atoms with Crippen molar-refractivity contribution in [3.05, 3.63) is 23.8 Å². The number of phenolic OH excluding ortho intramolecular Hbond substituents is 1. The molecule has 0 spiro atoms. The number of ether oxygens (including phenoxy) is 3. The monoisotopic (exact) mass is 262 g/mol. The molecule has 2 aromatic carbocycles. The molecule has 5 heteroatoms. The molecule has 0 unspecified atom stereocenters. The third kappa shape index (κ3) is 2.03. The molecule has 0 heterocycles. The number of aldehydes is 1. The maximum absolute atomic E-state index is 11.2. The molecule has 0 aliphatic rings. The first kappa shape index (κ1) is 13.0. The first-order valence-electron chi connectivity index (χ1n) is 5.57. The summed E-state index contributed by atoms with van der Waals surface area (Å²) in [6.07, 6.45) is 0.593. The summed E-state index contributed by atoms with van der Waals surface area (Å²) < 4.78 is 15.7. The fourth-order valence-corrected chi connectivity index (χ4v) is 2.03. The number of phenols is 1. The predicted molar refractivity (Wildman–Crippen MR) is 70.7 cm³/mol. The molecule has 0 saturated heterocycles. The number of methoxy groups -OCH3 is 3. The van der Waals surface area contributed by atoms with E-state index < -0.39 is 0 Å². The van der Waals surface area contributed by atoms with Crippen molar-refractivity contribution in [2.75, 3.05) is 21.3 Å². The van der Waals surface area contributed by atoms with E-state index in [1.165, 1.54) is 27.4 Å². The van der Waals surface area contributed by atoms with Crippen molar-refractivity contribution >= 4 is 17.1 Å². The third-order valence-corrected chi connectivity index (χ3v) is 2.95. The summed E-state index contributed by atoms with van der Waals surface area (Å²) >= 11 is 0. The van der Waals surface area contributed by atoms with Gasteiger partial charge in [0.1, 0.15) is 23.0 Å². The number of hydrogen-bond donors (Lipinski definition) is 1. The van der Waals surface area contributed by atoms with Crippen LogP contribution in [0.4, 0.5) is 0 Å². The van der Waals surface area contributed by atoms with Crippen molar-refractivity contribution in [3.63, 3.8) is 0 Å². The van der Waals surface area contributed by atoms with Gasteiger partial charge in [0.15, 0.2) is 6.29 Å². The number of aromatic hydroxyl groups is 1. The first-order chi connectivity index (χ1) is 9.15. The highest BCUT2D eigenvalue weighted by Crippen LogP contribution is 2.42. The van der Waals surface area contributed by atoms with E-state index in [9.17, 15) is 9.90 Å². The van der Waals surface area contributed by atoms with Crippen LogP contribution in [-0.4, -0.2) is 32.7 Å². The van der Waals surface area contributed by atoms with Crippen LogP contribution in [0.1, 0.15) is 10.4 Å². The molecule has 5 nitrogen and oxygen atoms in total. The van der Waals surface area contributed by atoms with Crippen molar-refractivity contribution in [1.29, 1.82) is 0 Å². The molecular weight excluding hydrogens is 248 g/mol. The van der Waals surface area contributed by atoms with E-state index in [0.717, 1.165) is 0 Å². The average molecular weight is 262 g/mol. The molecule has 0 bridgehead atoms. The molecule has 0 radical (unpaired) electrons. The number of carbonyl (C=O) groups excluding carboxylic acids is 1. The Balaban J connectivity index is 2.97. The van der Waals surface area contributed by atoms with Crippen molar-refractivity contribution in [3.8, 4) is 23.0 Å². The zero-order valence-corrected chi connectivity index (χ0v) is 10.9. The highest BCUT2D eigenvalue weighted by molar-refractivity contribution is 6.06. The second-order valence-corrected chi connectivity index (χ2v) is 3.88. The van der Waals surface area contributed by atoms with Gasteiger partial charge in [-0.15, -0.1) is 0 Å². The Morgan fingerprint density at radius 1 is 1.00 bits per heavy atom. The Kier molecular flexibility index (Phi) is 3.46. The van der Waals surface area contributed by atoms with Crippen LogP contribution in [0.5, 0.6) is 23.0 Å². The molecule has 0 aliphatic heterocycles. The zero-order valence-electron chi connectivity index (χ0n) is 10.9. The quantitative estimate of drug-likeness (QED) is 0.857. The van der Waals surface area contributed by atoms with Gasteiger partial charge in [0, 0.05) is 17.5 Å². The van der Waals surface area contributed by atoms with Gasteiger partial charge in [-0.2, -0.15) is 0 Å². The smallest absolute Gasteiger partial charge is 0.154 e. The summed E-state index contributed by atoms with van der Waals surface area (Å²) in [6, 6.07) is 4.74. The SMILES string of the molecule is COc1cc(OC)c2c(OC)cc(O)c(C=O)c2c1. The second-order valence-electron chi connectivity index (χ2n) is 3.88. The maximum atomic E-state index is 11.2. The molecule has 100 valence electrons. The van der Waals surface area contributed by atoms with E-state index in [0.29, 0.717) is 34.3 Å². The van der Waals surface area contributed by atoms with Gasteiger partial charge in [-0.1, -0.05) is 0 Å². The van der Waals surface area contributed by atoms with Gasteiger partial charge in [-0.3, -0.25) is 4.79 Å². The van der Waals surface area contributed by atoms with Crippen LogP contribution in [0, 0.1) is 0 Å². The highest BCUT2D eigenvalue weighted by Gasteiger charge is 2.17. The number of fused-ring (bicyclic) bond motifs is 1.